The quantitative estimate of drug-likeness (QED) is 0.250. The van der Waals surface area contributed by atoms with Crippen LogP contribution in [0.3, 0.4) is 0 Å². The third-order valence-corrected chi connectivity index (χ3v) is 4.83. The van der Waals surface area contributed by atoms with Crippen molar-refractivity contribution >= 4 is 58.0 Å². The second-order valence-corrected chi connectivity index (χ2v) is 8.05. The van der Waals surface area contributed by atoms with Gasteiger partial charge in [0.05, 0.1) is 21.3 Å². The van der Waals surface area contributed by atoms with E-state index < -0.39 is 37.0 Å². The molecule has 0 aliphatic carbocycles. The van der Waals surface area contributed by atoms with Gasteiger partial charge in [-0.15, -0.1) is 0 Å². The molecule has 0 radical (unpaired) electrons. The normalized spacial score (nSPS) is 12.3. The van der Waals surface area contributed by atoms with Gasteiger partial charge in [0, 0.05) is 17.8 Å². The smallest absolute Gasteiger partial charge is 0.241 e. The maximum Gasteiger partial charge on any atom is 0.241 e. The van der Waals surface area contributed by atoms with Crippen LogP contribution in [0.15, 0.2) is 12.1 Å². The number of ether oxygens (including phenoxy) is 3. The molecule has 0 saturated carbocycles. The first-order chi connectivity index (χ1) is 14.4. The van der Waals surface area contributed by atoms with Gasteiger partial charge in [0.2, 0.25) is 20.6 Å². The molecular weight excluding hydrogens is 506 g/mol. The van der Waals surface area contributed by atoms with Gasteiger partial charge >= 0.3 is 0 Å². The van der Waals surface area contributed by atoms with Crippen LogP contribution in [0.2, 0.25) is 0 Å². The predicted octanol–water partition coefficient (Wildman–Crippen LogP) is 3.19. The molecule has 1 heterocycles. The molecule has 0 saturated heterocycles. The standard InChI is InChI=1S/C14H14Cl4N6O7/c1-29-7-4-6(5-8(30-2)9(7)31-3)19-12-21-10(13(15,16)23(25)26)20-11(22-12)14(17,18)24(27)28/h4-5,25,27H,1-3H3,(H,19,20,21,22)/q-2. The molecule has 172 valence electrons. The van der Waals surface area contributed by atoms with Gasteiger partial charge in [0.15, 0.2) is 23.1 Å². The molecule has 0 fully saturated rings. The van der Waals surface area contributed by atoms with Gasteiger partial charge < -0.3 is 40.4 Å². The van der Waals surface area contributed by atoms with Crippen molar-refractivity contribution in [2.45, 2.75) is 8.91 Å². The fourth-order valence-corrected chi connectivity index (χ4v) is 2.49. The minimum absolute atomic E-state index is 0.257. The number of halogens is 4. The van der Waals surface area contributed by atoms with E-state index in [4.69, 9.17) is 71.0 Å². The molecule has 3 N–H and O–H groups in total. The van der Waals surface area contributed by atoms with E-state index in [0.29, 0.717) is 0 Å². The van der Waals surface area contributed by atoms with Gasteiger partial charge in [-0.05, 0) is 0 Å². The lowest BCUT2D eigenvalue weighted by Gasteiger charge is -2.34. The van der Waals surface area contributed by atoms with Crippen molar-refractivity contribution in [1.29, 1.82) is 0 Å². The van der Waals surface area contributed by atoms with E-state index in [2.05, 4.69) is 20.3 Å². The molecule has 0 spiro atoms. The average Bonchev–Trinajstić information content (AvgIpc) is 2.72. The lowest BCUT2D eigenvalue weighted by atomic mass is 10.2. The van der Waals surface area contributed by atoms with Gasteiger partial charge in [-0.3, -0.25) is 0 Å². The number of benzene rings is 1. The van der Waals surface area contributed by atoms with Crippen LogP contribution < -0.4 is 19.5 Å². The van der Waals surface area contributed by atoms with Crippen LogP contribution in [-0.2, 0) is 8.91 Å². The second-order valence-electron chi connectivity index (χ2n) is 5.47. The Bertz CT molecular complexity index is 871. The van der Waals surface area contributed by atoms with Crippen LogP contribution in [0.1, 0.15) is 11.6 Å². The molecule has 0 unspecified atom stereocenters. The lowest BCUT2D eigenvalue weighted by molar-refractivity contribution is -0.0761. The van der Waals surface area contributed by atoms with E-state index in [1.54, 1.807) is 0 Å². The molecule has 1 aromatic heterocycles. The zero-order chi connectivity index (χ0) is 23.6. The van der Waals surface area contributed by atoms with Crippen molar-refractivity contribution in [2.75, 3.05) is 26.6 Å². The summed E-state index contributed by atoms with van der Waals surface area (Å²) in [7, 11) is 4.18. The molecule has 0 aliphatic rings. The van der Waals surface area contributed by atoms with E-state index >= 15 is 0 Å². The Labute approximate surface area is 195 Å². The number of rotatable bonds is 9. The summed E-state index contributed by atoms with van der Waals surface area (Å²) < 4.78 is 10.2. The Morgan fingerprint density at radius 2 is 1.26 bits per heavy atom. The highest BCUT2D eigenvalue weighted by atomic mass is 35.5. The maximum absolute atomic E-state index is 11.3. The topological polar surface area (TPSA) is 171 Å². The largest absolute Gasteiger partial charge is 0.760 e. The second kappa shape index (κ2) is 9.87. The highest BCUT2D eigenvalue weighted by Crippen LogP contribution is 2.41. The summed E-state index contributed by atoms with van der Waals surface area (Å²) in [5, 5.41) is 41.9. The molecule has 0 bridgehead atoms. The monoisotopic (exact) mass is 518 g/mol. The number of methoxy groups -OCH3 is 3. The molecule has 13 nitrogen and oxygen atoms in total. The summed E-state index contributed by atoms with van der Waals surface area (Å²) in [6.45, 7) is 0. The van der Waals surface area contributed by atoms with E-state index in [1.807, 2.05) is 0 Å². The summed E-state index contributed by atoms with van der Waals surface area (Å²) in [4.78, 5) is 11.2. The summed E-state index contributed by atoms with van der Waals surface area (Å²) in [6, 6.07) is 2.93. The number of anilines is 2. The van der Waals surface area contributed by atoms with Crippen LogP contribution in [0, 0.1) is 10.4 Å². The Hall–Kier alpha value is -1.65. The number of aromatic nitrogens is 3. The predicted molar refractivity (Wildman–Crippen MR) is 110 cm³/mol. The Kier molecular flexibility index (Phi) is 8.15. The van der Waals surface area contributed by atoms with Gasteiger partial charge in [-0.25, -0.2) is 15.4 Å². The van der Waals surface area contributed by atoms with Crippen LogP contribution >= 0.6 is 46.4 Å². The lowest BCUT2D eigenvalue weighted by Crippen LogP contribution is -2.36. The van der Waals surface area contributed by atoms with Gasteiger partial charge in [0.1, 0.15) is 0 Å². The highest BCUT2D eigenvalue weighted by molar-refractivity contribution is 6.48. The summed E-state index contributed by atoms with van der Waals surface area (Å²) >= 11 is 23.0. The molecule has 1 aromatic carbocycles. The van der Waals surface area contributed by atoms with Gasteiger partial charge in [-0.1, -0.05) is 46.4 Å². The van der Waals surface area contributed by atoms with Crippen LogP contribution in [0.4, 0.5) is 11.6 Å². The van der Waals surface area contributed by atoms with Crippen molar-refractivity contribution < 1.29 is 24.6 Å². The van der Waals surface area contributed by atoms with Crippen LogP contribution in [-0.4, -0.2) is 57.1 Å². The summed E-state index contributed by atoms with van der Waals surface area (Å²) in [5.74, 6) is -1.14. The number of alkyl halides is 4. The van der Waals surface area contributed by atoms with Crippen molar-refractivity contribution in [2.24, 2.45) is 0 Å². The first kappa shape index (κ1) is 25.6. The van der Waals surface area contributed by atoms with E-state index in [1.165, 1.54) is 33.5 Å². The first-order valence-electron chi connectivity index (χ1n) is 7.80. The third-order valence-electron chi connectivity index (χ3n) is 3.57. The summed E-state index contributed by atoms with van der Waals surface area (Å²) in [5.41, 5.74) is 0.257. The van der Waals surface area contributed by atoms with E-state index in [0.717, 1.165) is 0 Å². The third kappa shape index (κ3) is 5.40. The number of nitrogens with one attached hydrogen (secondary N) is 1. The Morgan fingerprint density at radius 3 is 1.58 bits per heavy atom. The molecule has 0 amide bonds. The number of hydrogen-bond acceptors (Lipinski definition) is 13. The minimum Gasteiger partial charge on any atom is -0.760 e. The molecule has 17 heteroatoms. The number of hydrogen-bond donors (Lipinski definition) is 3. The van der Waals surface area contributed by atoms with E-state index in [-0.39, 0.29) is 22.9 Å². The van der Waals surface area contributed by atoms with Crippen LogP contribution in [0.5, 0.6) is 17.2 Å². The Balaban J connectivity index is 2.63. The van der Waals surface area contributed by atoms with Crippen molar-refractivity contribution in [3.8, 4) is 17.2 Å². The number of nitrogens with zero attached hydrogens (tertiary/aromatic N) is 5. The summed E-state index contributed by atoms with van der Waals surface area (Å²) in [6.07, 6.45) is 0. The zero-order valence-corrected chi connectivity index (χ0v) is 18.9. The van der Waals surface area contributed by atoms with Gasteiger partial charge in [-0.2, -0.15) is 9.97 Å². The highest BCUT2D eigenvalue weighted by Gasteiger charge is 2.38. The van der Waals surface area contributed by atoms with Crippen LogP contribution in [0.25, 0.3) is 0 Å². The first-order valence-corrected chi connectivity index (χ1v) is 9.31. The average molecular weight is 520 g/mol. The fourth-order valence-electron chi connectivity index (χ4n) is 2.15. The molecular formula is C14H14Cl4N6O7-2. The van der Waals surface area contributed by atoms with E-state index in [9.17, 15) is 10.4 Å². The molecule has 0 atom stereocenters. The molecule has 0 aliphatic heterocycles. The maximum atomic E-state index is 11.3. The van der Waals surface area contributed by atoms with Crippen molar-refractivity contribution in [1.82, 2.24) is 25.4 Å². The number of hydroxylamine groups is 4. The molecule has 2 rings (SSSR count). The van der Waals surface area contributed by atoms with Gasteiger partial charge in [0.25, 0.3) is 0 Å². The Morgan fingerprint density at radius 1 is 0.839 bits per heavy atom. The fraction of sp³-hybridized carbons (Fsp3) is 0.357. The van der Waals surface area contributed by atoms with Crippen molar-refractivity contribution in [3.05, 3.63) is 34.2 Å². The molecule has 2 aromatic rings. The molecule has 31 heavy (non-hydrogen) atoms. The van der Waals surface area contributed by atoms with Crippen molar-refractivity contribution in [3.63, 3.8) is 0 Å². The zero-order valence-electron chi connectivity index (χ0n) is 15.8. The SMILES string of the molecule is COc1cc(Nc2nc(C(Cl)(Cl)N([O-])O)nc(C(Cl)(Cl)N([O-])O)n2)cc(OC)c1OC. The minimum atomic E-state index is -2.75.